The SMILES string of the molecule is Nc1ccc(-c2ccc(N)c(C(F)(F)F)c2C(F)(F)F)cc1.Nc1ccc(-c2ccc(N)cc2C(F)(F)F)c(C(F)(F)F)c1. The lowest BCUT2D eigenvalue weighted by Gasteiger charge is -2.21. The van der Waals surface area contributed by atoms with Crippen LogP contribution in [0.5, 0.6) is 0 Å². The van der Waals surface area contributed by atoms with Gasteiger partial charge in [0.1, 0.15) is 0 Å². The maximum absolute atomic E-state index is 13.2. The number of alkyl halides is 12. The third-order valence-corrected chi connectivity index (χ3v) is 6.01. The van der Waals surface area contributed by atoms with Gasteiger partial charge in [0.2, 0.25) is 0 Å². The molecule has 4 aromatic carbocycles. The number of hydrogen-bond donors (Lipinski definition) is 4. The molecular formula is C28H20F12N4. The van der Waals surface area contributed by atoms with Crippen LogP contribution in [-0.4, -0.2) is 0 Å². The fraction of sp³-hybridized carbons (Fsp3) is 0.143. The summed E-state index contributed by atoms with van der Waals surface area (Å²) in [5.41, 5.74) is 12.1. The minimum absolute atomic E-state index is 0.0352. The second-order valence-corrected chi connectivity index (χ2v) is 9.18. The third-order valence-electron chi connectivity index (χ3n) is 6.01. The lowest BCUT2D eigenvalue weighted by atomic mass is 9.93. The summed E-state index contributed by atoms with van der Waals surface area (Å²) in [4.78, 5) is 0. The van der Waals surface area contributed by atoms with Crippen LogP contribution in [0.3, 0.4) is 0 Å². The number of nitrogens with two attached hydrogens (primary N) is 4. The Labute approximate surface area is 240 Å². The van der Waals surface area contributed by atoms with E-state index in [1.165, 1.54) is 24.3 Å². The number of halogens is 12. The van der Waals surface area contributed by atoms with Crippen molar-refractivity contribution in [3.63, 3.8) is 0 Å². The molecule has 0 heterocycles. The molecule has 16 heteroatoms. The predicted octanol–water partition coefficient (Wildman–Crippen LogP) is 9.11. The zero-order chi connectivity index (χ0) is 33.4. The van der Waals surface area contributed by atoms with E-state index in [4.69, 9.17) is 22.9 Å². The van der Waals surface area contributed by atoms with Gasteiger partial charge in [-0.25, -0.2) is 0 Å². The Morgan fingerprint density at radius 1 is 0.364 bits per heavy atom. The zero-order valence-corrected chi connectivity index (χ0v) is 21.8. The van der Waals surface area contributed by atoms with E-state index in [1.54, 1.807) is 0 Å². The summed E-state index contributed by atoms with van der Waals surface area (Å²) in [6.45, 7) is 0. The number of rotatable bonds is 2. The summed E-state index contributed by atoms with van der Waals surface area (Å²) in [6, 6.07) is 12.0. The molecule has 0 aromatic heterocycles. The molecule has 0 aliphatic heterocycles. The van der Waals surface area contributed by atoms with Crippen molar-refractivity contribution in [1.29, 1.82) is 0 Å². The molecule has 0 aliphatic carbocycles. The smallest absolute Gasteiger partial charge is 0.399 e. The molecule has 0 saturated heterocycles. The Balaban J connectivity index is 0.000000240. The van der Waals surface area contributed by atoms with Crippen molar-refractivity contribution in [3.05, 3.63) is 95.1 Å². The Morgan fingerprint density at radius 2 is 0.727 bits per heavy atom. The first-order valence-corrected chi connectivity index (χ1v) is 11.9. The van der Waals surface area contributed by atoms with Crippen molar-refractivity contribution >= 4 is 22.7 Å². The van der Waals surface area contributed by atoms with E-state index in [9.17, 15) is 52.7 Å². The monoisotopic (exact) mass is 640 g/mol. The van der Waals surface area contributed by atoms with Crippen LogP contribution in [0.4, 0.5) is 75.4 Å². The van der Waals surface area contributed by atoms with E-state index in [0.717, 1.165) is 36.4 Å². The molecule has 0 unspecified atom stereocenters. The fourth-order valence-electron chi connectivity index (χ4n) is 4.18. The molecule has 0 atom stereocenters. The van der Waals surface area contributed by atoms with Crippen molar-refractivity contribution in [2.75, 3.05) is 22.9 Å². The Kier molecular flexibility index (Phi) is 8.99. The highest BCUT2D eigenvalue weighted by Gasteiger charge is 2.46. The lowest BCUT2D eigenvalue weighted by Crippen LogP contribution is -2.20. The van der Waals surface area contributed by atoms with Crippen LogP contribution in [0.1, 0.15) is 22.3 Å². The molecule has 236 valence electrons. The molecule has 8 N–H and O–H groups in total. The van der Waals surface area contributed by atoms with Gasteiger partial charge in [-0.3, -0.25) is 0 Å². The van der Waals surface area contributed by atoms with Crippen molar-refractivity contribution in [1.82, 2.24) is 0 Å². The standard InChI is InChI=1S/2C14H10F6N2/c15-13(16,17)11-5-7(21)1-3-9(11)10-4-2-8(22)6-12(10)14(18,19)20;15-13(16,17)11-9(7-1-3-8(21)4-2-7)5-6-10(22)12(11)14(18,19)20/h2*1-6H,21-22H2. The average Bonchev–Trinajstić information content (AvgIpc) is 2.87. The van der Waals surface area contributed by atoms with Crippen LogP contribution in [0.15, 0.2) is 72.8 Å². The van der Waals surface area contributed by atoms with Crippen LogP contribution < -0.4 is 22.9 Å². The highest BCUT2D eigenvalue weighted by molar-refractivity contribution is 5.76. The third kappa shape index (κ3) is 7.60. The van der Waals surface area contributed by atoms with Gasteiger partial charge >= 0.3 is 24.7 Å². The van der Waals surface area contributed by atoms with Crippen LogP contribution in [0, 0.1) is 0 Å². The summed E-state index contributed by atoms with van der Waals surface area (Å²) < 4.78 is 157. The van der Waals surface area contributed by atoms with Gasteiger partial charge in [-0.15, -0.1) is 0 Å². The average molecular weight is 640 g/mol. The first-order valence-electron chi connectivity index (χ1n) is 11.9. The first kappa shape index (κ1) is 33.7. The van der Waals surface area contributed by atoms with Crippen LogP contribution in [-0.2, 0) is 24.7 Å². The lowest BCUT2D eigenvalue weighted by molar-refractivity contribution is -0.161. The molecule has 0 radical (unpaired) electrons. The van der Waals surface area contributed by atoms with Gasteiger partial charge in [0.25, 0.3) is 0 Å². The molecular weight excluding hydrogens is 620 g/mol. The second kappa shape index (κ2) is 11.7. The minimum Gasteiger partial charge on any atom is -0.399 e. The molecule has 4 nitrogen and oxygen atoms in total. The molecule has 0 bridgehead atoms. The largest absolute Gasteiger partial charge is 0.419 e. The summed E-state index contributed by atoms with van der Waals surface area (Å²) in [7, 11) is 0. The number of nitrogen functional groups attached to an aromatic ring is 4. The highest BCUT2D eigenvalue weighted by atomic mass is 19.4. The summed E-state index contributed by atoms with van der Waals surface area (Å²) in [5, 5.41) is 0. The van der Waals surface area contributed by atoms with Crippen LogP contribution in [0.2, 0.25) is 0 Å². The van der Waals surface area contributed by atoms with Gasteiger partial charge in [-0.05, 0) is 64.7 Å². The van der Waals surface area contributed by atoms with Crippen LogP contribution >= 0.6 is 0 Å². The predicted molar refractivity (Wildman–Crippen MR) is 141 cm³/mol. The van der Waals surface area contributed by atoms with Crippen molar-refractivity contribution in [2.45, 2.75) is 24.7 Å². The Morgan fingerprint density at radius 3 is 1.09 bits per heavy atom. The molecule has 0 aliphatic rings. The van der Waals surface area contributed by atoms with Crippen molar-refractivity contribution in [2.24, 2.45) is 0 Å². The van der Waals surface area contributed by atoms with Gasteiger partial charge < -0.3 is 22.9 Å². The molecule has 0 amide bonds. The van der Waals surface area contributed by atoms with Gasteiger partial charge in [0.15, 0.2) is 0 Å². The van der Waals surface area contributed by atoms with E-state index < -0.39 is 69.3 Å². The van der Waals surface area contributed by atoms with Gasteiger partial charge in [0.05, 0.1) is 22.3 Å². The first-order chi connectivity index (χ1) is 20.0. The van der Waals surface area contributed by atoms with Gasteiger partial charge in [-0.2, -0.15) is 52.7 Å². The van der Waals surface area contributed by atoms with E-state index in [0.29, 0.717) is 12.1 Å². The number of benzene rings is 4. The molecule has 4 rings (SSSR count). The van der Waals surface area contributed by atoms with E-state index in [-0.39, 0.29) is 22.6 Å². The summed E-state index contributed by atoms with van der Waals surface area (Å²) in [5.74, 6) is 0. The van der Waals surface area contributed by atoms with Gasteiger partial charge in [0, 0.05) is 22.7 Å². The molecule has 0 fully saturated rings. The number of hydrogen-bond acceptors (Lipinski definition) is 4. The summed E-state index contributed by atoms with van der Waals surface area (Å²) in [6.07, 6.45) is -20.1. The topological polar surface area (TPSA) is 104 Å². The number of anilines is 4. The maximum Gasteiger partial charge on any atom is 0.419 e. The normalized spacial score (nSPS) is 12.5. The van der Waals surface area contributed by atoms with E-state index in [2.05, 4.69) is 0 Å². The molecule has 0 saturated carbocycles. The maximum atomic E-state index is 13.2. The fourth-order valence-corrected chi connectivity index (χ4v) is 4.18. The minimum atomic E-state index is -5.22. The molecule has 44 heavy (non-hydrogen) atoms. The van der Waals surface area contributed by atoms with Crippen molar-refractivity contribution < 1.29 is 52.7 Å². The quantitative estimate of drug-likeness (QED) is 0.130. The zero-order valence-electron chi connectivity index (χ0n) is 21.8. The van der Waals surface area contributed by atoms with Gasteiger partial charge in [-0.1, -0.05) is 30.3 Å². The second-order valence-electron chi connectivity index (χ2n) is 9.18. The Bertz CT molecular complexity index is 1570. The molecule has 4 aromatic rings. The van der Waals surface area contributed by atoms with E-state index in [1.807, 2.05) is 0 Å². The highest BCUT2D eigenvalue weighted by Crippen LogP contribution is 2.48. The van der Waals surface area contributed by atoms with E-state index >= 15 is 0 Å². The molecule has 0 spiro atoms. The summed E-state index contributed by atoms with van der Waals surface area (Å²) >= 11 is 0. The Hall–Kier alpha value is -4.76. The van der Waals surface area contributed by atoms with Crippen LogP contribution in [0.25, 0.3) is 22.3 Å². The van der Waals surface area contributed by atoms with Crippen molar-refractivity contribution in [3.8, 4) is 22.3 Å².